The zero-order valence-corrected chi connectivity index (χ0v) is 10.5. The Labute approximate surface area is 105 Å². The quantitative estimate of drug-likeness (QED) is 0.806. The maximum atomic E-state index is 6.06. The number of ether oxygens (including phenoxy) is 1. The third kappa shape index (κ3) is 2.77. The van der Waals surface area contributed by atoms with Gasteiger partial charge in [0.25, 0.3) is 0 Å². The summed E-state index contributed by atoms with van der Waals surface area (Å²) >= 11 is 6.06. The summed E-state index contributed by atoms with van der Waals surface area (Å²) in [5, 5.41) is 0.647. The third-order valence-corrected chi connectivity index (χ3v) is 3.00. The first kappa shape index (κ1) is 12.4. The zero-order valence-electron chi connectivity index (χ0n) is 9.74. The fourth-order valence-corrected chi connectivity index (χ4v) is 1.99. The van der Waals surface area contributed by atoms with Crippen LogP contribution in [0.25, 0.3) is 11.0 Å². The van der Waals surface area contributed by atoms with Gasteiger partial charge >= 0.3 is 0 Å². The van der Waals surface area contributed by atoms with Crippen LogP contribution in [-0.4, -0.2) is 23.7 Å². The molecule has 17 heavy (non-hydrogen) atoms. The number of aromatic nitrogens is 2. The molecule has 3 N–H and O–H groups in total. The van der Waals surface area contributed by atoms with Gasteiger partial charge in [-0.2, -0.15) is 0 Å². The van der Waals surface area contributed by atoms with E-state index >= 15 is 0 Å². The fourth-order valence-electron chi connectivity index (χ4n) is 1.78. The molecule has 92 valence electrons. The lowest BCUT2D eigenvalue weighted by molar-refractivity contribution is 0.190. The van der Waals surface area contributed by atoms with Crippen LogP contribution in [0, 0.1) is 0 Å². The molecule has 0 aliphatic carbocycles. The Hall–Kier alpha value is -1.10. The van der Waals surface area contributed by atoms with Crippen molar-refractivity contribution in [3.05, 3.63) is 29.0 Å². The molecule has 1 aromatic heterocycles. The smallest absolute Gasteiger partial charge is 0.124 e. The van der Waals surface area contributed by atoms with E-state index in [0.717, 1.165) is 29.7 Å². The molecule has 0 fully saturated rings. The number of fused-ring (bicyclic) bond motifs is 1. The van der Waals surface area contributed by atoms with E-state index in [-0.39, 0.29) is 6.04 Å². The van der Waals surface area contributed by atoms with Gasteiger partial charge in [-0.05, 0) is 25.0 Å². The summed E-state index contributed by atoms with van der Waals surface area (Å²) in [6.07, 6.45) is 1.76. The van der Waals surface area contributed by atoms with Gasteiger partial charge in [0.05, 0.1) is 16.6 Å². The van der Waals surface area contributed by atoms with E-state index in [1.807, 2.05) is 18.2 Å². The fraction of sp³-hybridized carbons (Fsp3) is 0.417. The minimum Gasteiger partial charge on any atom is -0.385 e. The van der Waals surface area contributed by atoms with E-state index in [4.69, 9.17) is 22.1 Å². The van der Waals surface area contributed by atoms with E-state index in [1.54, 1.807) is 7.11 Å². The van der Waals surface area contributed by atoms with Gasteiger partial charge in [-0.15, -0.1) is 0 Å². The Morgan fingerprint density at radius 2 is 2.35 bits per heavy atom. The van der Waals surface area contributed by atoms with Crippen molar-refractivity contribution >= 4 is 22.6 Å². The van der Waals surface area contributed by atoms with Crippen LogP contribution in [0.4, 0.5) is 0 Å². The van der Waals surface area contributed by atoms with Gasteiger partial charge in [0.15, 0.2) is 0 Å². The highest BCUT2D eigenvalue weighted by atomic mass is 35.5. The van der Waals surface area contributed by atoms with Crippen LogP contribution in [-0.2, 0) is 4.74 Å². The van der Waals surface area contributed by atoms with Gasteiger partial charge in [-0.3, -0.25) is 0 Å². The molecule has 1 unspecified atom stereocenters. The van der Waals surface area contributed by atoms with Crippen molar-refractivity contribution in [3.63, 3.8) is 0 Å². The molecule has 0 aliphatic heterocycles. The normalized spacial score (nSPS) is 13.1. The lowest BCUT2D eigenvalue weighted by Gasteiger charge is -2.07. The summed E-state index contributed by atoms with van der Waals surface area (Å²) < 4.78 is 5.00. The number of nitrogens with two attached hydrogens (primary N) is 1. The number of benzene rings is 1. The van der Waals surface area contributed by atoms with Crippen LogP contribution < -0.4 is 5.73 Å². The predicted molar refractivity (Wildman–Crippen MR) is 69.1 cm³/mol. The van der Waals surface area contributed by atoms with Crippen molar-refractivity contribution in [1.82, 2.24) is 9.97 Å². The summed E-state index contributed by atoms with van der Waals surface area (Å²) in [6, 6.07) is 5.56. The Morgan fingerprint density at radius 1 is 1.53 bits per heavy atom. The van der Waals surface area contributed by atoms with E-state index in [1.165, 1.54) is 0 Å². The number of hydrogen-bond donors (Lipinski definition) is 2. The van der Waals surface area contributed by atoms with Gasteiger partial charge in [0, 0.05) is 13.7 Å². The molecular formula is C12H16ClN3O. The van der Waals surface area contributed by atoms with Crippen molar-refractivity contribution in [2.24, 2.45) is 5.73 Å². The summed E-state index contributed by atoms with van der Waals surface area (Å²) in [6.45, 7) is 0.717. The topological polar surface area (TPSA) is 63.9 Å². The first-order valence-corrected chi connectivity index (χ1v) is 5.99. The Balaban J connectivity index is 2.16. The summed E-state index contributed by atoms with van der Waals surface area (Å²) in [7, 11) is 1.69. The van der Waals surface area contributed by atoms with Crippen molar-refractivity contribution in [3.8, 4) is 0 Å². The third-order valence-electron chi connectivity index (χ3n) is 2.70. The van der Waals surface area contributed by atoms with E-state index in [0.29, 0.717) is 11.6 Å². The van der Waals surface area contributed by atoms with Crippen LogP contribution in [0.5, 0.6) is 0 Å². The van der Waals surface area contributed by atoms with Crippen molar-refractivity contribution in [2.45, 2.75) is 18.9 Å². The highest BCUT2D eigenvalue weighted by molar-refractivity contribution is 6.34. The van der Waals surface area contributed by atoms with Crippen LogP contribution in [0.15, 0.2) is 18.2 Å². The molecule has 0 amide bonds. The van der Waals surface area contributed by atoms with E-state index in [2.05, 4.69) is 9.97 Å². The van der Waals surface area contributed by atoms with Gasteiger partial charge in [-0.1, -0.05) is 17.7 Å². The molecule has 0 spiro atoms. The van der Waals surface area contributed by atoms with E-state index < -0.39 is 0 Å². The highest BCUT2D eigenvalue weighted by Crippen LogP contribution is 2.23. The van der Waals surface area contributed by atoms with Gasteiger partial charge in [-0.25, -0.2) is 4.98 Å². The molecule has 0 saturated carbocycles. The van der Waals surface area contributed by atoms with Crippen LogP contribution in [0.3, 0.4) is 0 Å². The highest BCUT2D eigenvalue weighted by Gasteiger charge is 2.12. The molecule has 0 radical (unpaired) electrons. The van der Waals surface area contributed by atoms with Crippen LogP contribution in [0.2, 0.25) is 5.02 Å². The number of rotatable bonds is 5. The first-order valence-electron chi connectivity index (χ1n) is 5.61. The standard InChI is InChI=1S/C12H16ClN3O/c1-17-7-3-5-9(14)12-15-10-6-2-4-8(13)11(10)16-12/h2,4,6,9H,3,5,7,14H2,1H3,(H,15,16). The van der Waals surface area contributed by atoms with Crippen molar-refractivity contribution < 1.29 is 4.74 Å². The zero-order chi connectivity index (χ0) is 12.3. The molecule has 0 bridgehead atoms. The largest absolute Gasteiger partial charge is 0.385 e. The Kier molecular flexibility index (Phi) is 3.99. The Bertz CT molecular complexity index is 497. The van der Waals surface area contributed by atoms with Crippen molar-refractivity contribution in [1.29, 1.82) is 0 Å². The number of halogens is 1. The number of hydrogen-bond acceptors (Lipinski definition) is 3. The number of para-hydroxylation sites is 1. The lowest BCUT2D eigenvalue weighted by atomic mass is 10.1. The molecule has 1 aromatic carbocycles. The summed E-state index contributed by atoms with van der Waals surface area (Å²) in [4.78, 5) is 7.64. The average Bonchev–Trinajstić information content (AvgIpc) is 2.75. The minimum atomic E-state index is -0.103. The van der Waals surface area contributed by atoms with Gasteiger partial charge in [0.1, 0.15) is 11.3 Å². The number of nitrogens with one attached hydrogen (secondary N) is 1. The first-order chi connectivity index (χ1) is 8.22. The molecule has 2 rings (SSSR count). The van der Waals surface area contributed by atoms with Crippen LogP contribution >= 0.6 is 11.6 Å². The Morgan fingerprint density at radius 3 is 3.06 bits per heavy atom. The summed E-state index contributed by atoms with van der Waals surface area (Å²) in [5.41, 5.74) is 7.77. The molecule has 5 heteroatoms. The number of nitrogens with zero attached hydrogens (tertiary/aromatic N) is 1. The summed E-state index contributed by atoms with van der Waals surface area (Å²) in [5.74, 6) is 0.782. The van der Waals surface area contributed by atoms with Crippen LogP contribution in [0.1, 0.15) is 24.7 Å². The van der Waals surface area contributed by atoms with Gasteiger partial charge in [0.2, 0.25) is 0 Å². The SMILES string of the molecule is COCCCC(N)c1nc2c(Cl)cccc2[nH]1. The second-order valence-electron chi connectivity index (χ2n) is 4.00. The molecule has 2 aromatic rings. The molecule has 0 aliphatic rings. The lowest BCUT2D eigenvalue weighted by Crippen LogP contribution is -2.12. The number of imidazole rings is 1. The number of H-pyrrole nitrogens is 1. The molecule has 1 atom stereocenters. The maximum Gasteiger partial charge on any atom is 0.124 e. The second-order valence-corrected chi connectivity index (χ2v) is 4.41. The predicted octanol–water partition coefficient (Wildman–Crippen LogP) is 2.64. The molecule has 0 saturated heterocycles. The van der Waals surface area contributed by atoms with E-state index in [9.17, 15) is 0 Å². The monoisotopic (exact) mass is 253 g/mol. The molecular weight excluding hydrogens is 238 g/mol. The number of aromatic amines is 1. The number of methoxy groups -OCH3 is 1. The average molecular weight is 254 g/mol. The van der Waals surface area contributed by atoms with Gasteiger partial charge < -0.3 is 15.5 Å². The minimum absolute atomic E-state index is 0.103. The molecule has 1 heterocycles. The molecule has 4 nitrogen and oxygen atoms in total. The maximum absolute atomic E-state index is 6.06. The second kappa shape index (κ2) is 5.49. The van der Waals surface area contributed by atoms with Crippen molar-refractivity contribution in [2.75, 3.05) is 13.7 Å².